The molecule has 0 spiro atoms. The van der Waals surface area contributed by atoms with Crippen molar-refractivity contribution in [3.05, 3.63) is 29.8 Å². The van der Waals surface area contributed by atoms with Crippen molar-refractivity contribution in [2.24, 2.45) is 5.84 Å². The highest BCUT2D eigenvalue weighted by atomic mass is 16.3. The van der Waals surface area contributed by atoms with E-state index in [1.807, 2.05) is 5.43 Å². The second-order valence-electron chi connectivity index (χ2n) is 2.31. The number of hydrogen-bond acceptors (Lipinski definition) is 4. The molecule has 1 rings (SSSR count). The monoisotopic (exact) mass is 198 g/mol. The maximum atomic E-state index is 10.8. The number of aromatic hydroxyl groups is 1. The third kappa shape index (κ3) is 3.88. The molecule has 0 aromatic heterocycles. The summed E-state index contributed by atoms with van der Waals surface area (Å²) in [7, 11) is 0. The number of rotatable bonds is 1. The van der Waals surface area contributed by atoms with Gasteiger partial charge in [-0.1, -0.05) is 12.1 Å². The fourth-order valence-corrected chi connectivity index (χ4v) is 0.743. The van der Waals surface area contributed by atoms with Gasteiger partial charge in [0.1, 0.15) is 5.75 Å². The van der Waals surface area contributed by atoms with Crippen LogP contribution in [0.2, 0.25) is 0 Å². The molecule has 1 amide bonds. The Kier molecular flexibility index (Phi) is 6.09. The summed E-state index contributed by atoms with van der Waals surface area (Å²) >= 11 is 0. The van der Waals surface area contributed by atoms with E-state index in [-0.39, 0.29) is 17.9 Å². The molecule has 0 aliphatic carbocycles. The molecular formula is C9H14N2O3. The highest BCUT2D eigenvalue weighted by Gasteiger charge is 2.06. The van der Waals surface area contributed by atoms with E-state index in [1.165, 1.54) is 12.1 Å². The van der Waals surface area contributed by atoms with Crippen LogP contribution < -0.4 is 11.3 Å². The van der Waals surface area contributed by atoms with Crippen LogP contribution in [0.5, 0.6) is 5.75 Å². The minimum Gasteiger partial charge on any atom is -0.507 e. The second kappa shape index (κ2) is 6.88. The predicted octanol–water partition coefficient (Wildman–Crippen LogP) is -0.00570. The summed E-state index contributed by atoms with van der Waals surface area (Å²) in [5.41, 5.74) is 2.10. The van der Waals surface area contributed by atoms with Crippen LogP contribution in [-0.2, 0) is 0 Å². The van der Waals surface area contributed by atoms with Crippen molar-refractivity contribution in [1.29, 1.82) is 0 Å². The van der Waals surface area contributed by atoms with E-state index >= 15 is 0 Å². The van der Waals surface area contributed by atoms with Gasteiger partial charge in [0.2, 0.25) is 0 Å². The fraction of sp³-hybridized carbons (Fsp3) is 0.222. The SMILES string of the molecule is CCO.NNC(=O)c1ccccc1O. The Morgan fingerprint density at radius 2 is 2.00 bits per heavy atom. The Labute approximate surface area is 82.1 Å². The lowest BCUT2D eigenvalue weighted by molar-refractivity contribution is 0.0951. The molecule has 0 unspecified atom stereocenters. The third-order valence-corrected chi connectivity index (χ3v) is 1.28. The predicted molar refractivity (Wildman–Crippen MR) is 52.5 cm³/mol. The summed E-state index contributed by atoms with van der Waals surface area (Å²) in [6, 6.07) is 6.18. The minimum atomic E-state index is -0.497. The first-order chi connectivity index (χ1) is 6.67. The number of carbonyl (C=O) groups is 1. The molecule has 5 N–H and O–H groups in total. The molecule has 0 saturated carbocycles. The van der Waals surface area contributed by atoms with Gasteiger partial charge >= 0.3 is 0 Å². The molecule has 1 aromatic carbocycles. The number of aliphatic hydroxyl groups excluding tert-OH is 1. The Bertz CT molecular complexity index is 289. The highest BCUT2D eigenvalue weighted by molar-refractivity contribution is 5.96. The van der Waals surface area contributed by atoms with Gasteiger partial charge in [-0.2, -0.15) is 0 Å². The molecule has 14 heavy (non-hydrogen) atoms. The zero-order valence-corrected chi connectivity index (χ0v) is 7.90. The van der Waals surface area contributed by atoms with E-state index < -0.39 is 5.91 Å². The lowest BCUT2D eigenvalue weighted by Crippen LogP contribution is -2.29. The normalized spacial score (nSPS) is 8.50. The van der Waals surface area contributed by atoms with Gasteiger partial charge < -0.3 is 10.2 Å². The van der Waals surface area contributed by atoms with Crippen molar-refractivity contribution < 1.29 is 15.0 Å². The van der Waals surface area contributed by atoms with Crippen molar-refractivity contribution >= 4 is 5.91 Å². The zero-order chi connectivity index (χ0) is 11.0. The molecule has 0 bridgehead atoms. The van der Waals surface area contributed by atoms with Crippen molar-refractivity contribution in [2.45, 2.75) is 6.92 Å². The van der Waals surface area contributed by atoms with E-state index in [0.29, 0.717) is 0 Å². The van der Waals surface area contributed by atoms with Gasteiger partial charge in [-0.15, -0.1) is 0 Å². The zero-order valence-electron chi connectivity index (χ0n) is 7.90. The van der Waals surface area contributed by atoms with Crippen LogP contribution in [-0.4, -0.2) is 22.7 Å². The number of carbonyl (C=O) groups excluding carboxylic acids is 1. The summed E-state index contributed by atoms with van der Waals surface area (Å²) in [6.07, 6.45) is 0. The van der Waals surface area contributed by atoms with Crippen LogP contribution in [0.15, 0.2) is 24.3 Å². The Morgan fingerprint density at radius 1 is 1.50 bits per heavy atom. The van der Waals surface area contributed by atoms with Gasteiger partial charge in [-0.25, -0.2) is 5.84 Å². The number of aliphatic hydroxyl groups is 1. The van der Waals surface area contributed by atoms with Crippen LogP contribution in [0.1, 0.15) is 17.3 Å². The van der Waals surface area contributed by atoms with Crippen molar-refractivity contribution in [3.63, 3.8) is 0 Å². The molecule has 0 radical (unpaired) electrons. The van der Waals surface area contributed by atoms with E-state index in [2.05, 4.69) is 0 Å². The maximum Gasteiger partial charge on any atom is 0.268 e. The van der Waals surface area contributed by atoms with Gasteiger partial charge in [-0.05, 0) is 19.1 Å². The Balaban J connectivity index is 0.000000500. The molecule has 0 fully saturated rings. The van der Waals surface area contributed by atoms with Crippen LogP contribution in [0.4, 0.5) is 0 Å². The number of nitrogens with two attached hydrogens (primary N) is 1. The fourth-order valence-electron chi connectivity index (χ4n) is 0.743. The van der Waals surface area contributed by atoms with E-state index in [9.17, 15) is 4.79 Å². The summed E-state index contributed by atoms with van der Waals surface area (Å²) in [6.45, 7) is 1.93. The standard InChI is InChI=1S/C7H8N2O2.C2H6O/c8-9-7(11)5-3-1-2-4-6(5)10;1-2-3/h1-4,10H,8H2,(H,9,11);3H,2H2,1H3. The quantitative estimate of drug-likeness (QED) is 0.290. The van der Waals surface area contributed by atoms with Crippen molar-refractivity contribution in [2.75, 3.05) is 6.61 Å². The molecule has 0 saturated heterocycles. The van der Waals surface area contributed by atoms with Crippen molar-refractivity contribution in [1.82, 2.24) is 5.43 Å². The second-order valence-corrected chi connectivity index (χ2v) is 2.31. The molecular weight excluding hydrogens is 184 g/mol. The van der Waals surface area contributed by atoms with Crippen LogP contribution >= 0.6 is 0 Å². The van der Waals surface area contributed by atoms with Gasteiger partial charge in [-0.3, -0.25) is 10.2 Å². The minimum absolute atomic E-state index is 0.0737. The number of phenolic OH excluding ortho intramolecular Hbond substituents is 1. The van der Waals surface area contributed by atoms with Gasteiger partial charge in [0, 0.05) is 6.61 Å². The summed E-state index contributed by atoms with van der Waals surface area (Å²) in [5, 5.41) is 16.7. The molecule has 5 heteroatoms. The number of amides is 1. The summed E-state index contributed by atoms with van der Waals surface area (Å²) in [4.78, 5) is 10.8. The molecule has 0 aliphatic heterocycles. The molecule has 5 nitrogen and oxygen atoms in total. The van der Waals surface area contributed by atoms with Gasteiger partial charge in [0.25, 0.3) is 5.91 Å². The largest absolute Gasteiger partial charge is 0.507 e. The van der Waals surface area contributed by atoms with Crippen LogP contribution in [0, 0.1) is 0 Å². The highest BCUT2D eigenvalue weighted by Crippen LogP contribution is 2.14. The Morgan fingerprint density at radius 3 is 2.43 bits per heavy atom. The first-order valence-corrected chi connectivity index (χ1v) is 4.07. The van der Waals surface area contributed by atoms with Crippen LogP contribution in [0.3, 0.4) is 0 Å². The number of nitrogen functional groups attached to an aromatic ring is 1. The molecule has 0 aliphatic rings. The van der Waals surface area contributed by atoms with Crippen LogP contribution in [0.25, 0.3) is 0 Å². The number of para-hydroxylation sites is 1. The third-order valence-electron chi connectivity index (χ3n) is 1.28. The van der Waals surface area contributed by atoms with E-state index in [0.717, 1.165) is 0 Å². The number of nitrogens with one attached hydrogen (secondary N) is 1. The molecule has 78 valence electrons. The molecule has 0 atom stereocenters. The smallest absolute Gasteiger partial charge is 0.268 e. The summed E-state index contributed by atoms with van der Waals surface area (Å²) < 4.78 is 0. The number of phenols is 1. The van der Waals surface area contributed by atoms with Gasteiger partial charge in [0.15, 0.2) is 0 Å². The van der Waals surface area contributed by atoms with Gasteiger partial charge in [0.05, 0.1) is 5.56 Å². The summed E-state index contributed by atoms with van der Waals surface area (Å²) in [5.74, 6) is 4.29. The van der Waals surface area contributed by atoms with E-state index in [4.69, 9.17) is 16.1 Å². The lowest BCUT2D eigenvalue weighted by atomic mass is 10.2. The number of benzene rings is 1. The first-order valence-electron chi connectivity index (χ1n) is 4.07. The van der Waals surface area contributed by atoms with E-state index in [1.54, 1.807) is 19.1 Å². The molecule has 0 heterocycles. The van der Waals surface area contributed by atoms with Crippen molar-refractivity contribution in [3.8, 4) is 5.75 Å². The first kappa shape index (κ1) is 12.4. The topological polar surface area (TPSA) is 95.6 Å². The number of hydrazine groups is 1. The number of hydrogen-bond donors (Lipinski definition) is 4. The Hall–Kier alpha value is -1.59. The maximum absolute atomic E-state index is 10.8. The lowest BCUT2D eigenvalue weighted by Gasteiger charge is -2.00. The molecule has 1 aromatic rings. The average Bonchev–Trinajstić information content (AvgIpc) is 2.19. The average molecular weight is 198 g/mol.